The van der Waals surface area contributed by atoms with Crippen LogP contribution in [0, 0.1) is 17.1 Å². The molecule has 0 bridgehead atoms. The molecule has 1 atom stereocenters. The third-order valence-electron chi connectivity index (χ3n) is 3.15. The number of halogens is 1. The van der Waals surface area contributed by atoms with Gasteiger partial charge in [0.15, 0.2) is 0 Å². The highest BCUT2D eigenvalue weighted by atomic mass is 19.1. The Hall–Kier alpha value is -1.93. The summed E-state index contributed by atoms with van der Waals surface area (Å²) in [5, 5.41) is 8.70. The van der Waals surface area contributed by atoms with Gasteiger partial charge in [-0.1, -0.05) is 19.4 Å². The number of hydrogen-bond acceptors (Lipinski definition) is 3. The summed E-state index contributed by atoms with van der Waals surface area (Å²) in [6.07, 6.45) is 1.45. The van der Waals surface area contributed by atoms with E-state index >= 15 is 0 Å². The van der Waals surface area contributed by atoms with Gasteiger partial charge in [0.1, 0.15) is 5.82 Å². The lowest BCUT2D eigenvalue weighted by atomic mass is 10.1. The van der Waals surface area contributed by atoms with Gasteiger partial charge in [0, 0.05) is 18.7 Å². The molecule has 0 spiro atoms. The Morgan fingerprint density at radius 1 is 1.50 bits per heavy atom. The minimum atomic E-state index is -0.540. The van der Waals surface area contributed by atoms with Gasteiger partial charge >= 0.3 is 0 Å². The number of nitrogens with zero attached hydrogens (tertiary/aromatic N) is 2. The number of nitrogens with two attached hydrogens (primary N) is 1. The second kappa shape index (κ2) is 7.61. The highest BCUT2D eigenvalue weighted by molar-refractivity contribution is 5.81. The Balaban J connectivity index is 2.83. The van der Waals surface area contributed by atoms with Gasteiger partial charge in [-0.2, -0.15) is 5.26 Å². The summed E-state index contributed by atoms with van der Waals surface area (Å²) in [7, 11) is 0. The maximum absolute atomic E-state index is 13.8. The lowest BCUT2D eigenvalue weighted by Crippen LogP contribution is -2.43. The van der Waals surface area contributed by atoms with Crippen LogP contribution in [0.5, 0.6) is 0 Å². The highest BCUT2D eigenvalue weighted by Crippen LogP contribution is 2.13. The number of rotatable bonds is 6. The molecule has 1 amide bonds. The zero-order chi connectivity index (χ0) is 15.1. The summed E-state index contributed by atoms with van der Waals surface area (Å²) in [5.74, 6) is -0.641. The van der Waals surface area contributed by atoms with Crippen molar-refractivity contribution in [2.24, 2.45) is 5.73 Å². The molecular formula is C15H20FN3O. The first kappa shape index (κ1) is 16.1. The van der Waals surface area contributed by atoms with Crippen LogP contribution in [0.4, 0.5) is 4.39 Å². The molecule has 0 fully saturated rings. The molecule has 4 nitrogen and oxygen atoms in total. The first-order chi connectivity index (χ1) is 9.53. The van der Waals surface area contributed by atoms with E-state index in [9.17, 15) is 9.18 Å². The van der Waals surface area contributed by atoms with Crippen LogP contribution in [0.1, 0.15) is 37.8 Å². The topological polar surface area (TPSA) is 70.1 Å². The van der Waals surface area contributed by atoms with E-state index in [2.05, 4.69) is 0 Å². The summed E-state index contributed by atoms with van der Waals surface area (Å²) >= 11 is 0. The molecule has 0 unspecified atom stereocenters. The van der Waals surface area contributed by atoms with E-state index in [0.717, 1.165) is 6.42 Å². The van der Waals surface area contributed by atoms with E-state index in [1.807, 2.05) is 19.9 Å². The van der Waals surface area contributed by atoms with Crippen LogP contribution < -0.4 is 5.73 Å². The van der Waals surface area contributed by atoms with Gasteiger partial charge in [0.05, 0.1) is 17.7 Å². The van der Waals surface area contributed by atoms with Crippen molar-refractivity contribution in [3.63, 3.8) is 0 Å². The smallest absolute Gasteiger partial charge is 0.239 e. The first-order valence-electron chi connectivity index (χ1n) is 6.76. The quantitative estimate of drug-likeness (QED) is 0.866. The molecule has 0 aliphatic carbocycles. The van der Waals surface area contributed by atoms with Crippen molar-refractivity contribution in [1.29, 1.82) is 5.26 Å². The predicted octanol–water partition coefficient (Wildman–Crippen LogP) is 2.17. The van der Waals surface area contributed by atoms with Crippen molar-refractivity contribution in [2.45, 2.75) is 39.3 Å². The maximum Gasteiger partial charge on any atom is 0.239 e. The Morgan fingerprint density at radius 3 is 2.70 bits per heavy atom. The molecule has 5 heteroatoms. The molecule has 2 N–H and O–H groups in total. The second-order valence-corrected chi connectivity index (χ2v) is 4.67. The van der Waals surface area contributed by atoms with Crippen LogP contribution in [0.3, 0.4) is 0 Å². The van der Waals surface area contributed by atoms with Crippen LogP contribution in [-0.4, -0.2) is 23.4 Å². The van der Waals surface area contributed by atoms with Crippen molar-refractivity contribution in [3.05, 3.63) is 35.1 Å². The third kappa shape index (κ3) is 4.04. The van der Waals surface area contributed by atoms with E-state index in [4.69, 9.17) is 11.0 Å². The Bertz CT molecular complexity index is 510. The van der Waals surface area contributed by atoms with Crippen LogP contribution in [0.15, 0.2) is 18.2 Å². The number of carbonyl (C=O) groups excluding carboxylic acids is 1. The van der Waals surface area contributed by atoms with Gasteiger partial charge in [-0.3, -0.25) is 4.79 Å². The zero-order valence-electron chi connectivity index (χ0n) is 11.9. The van der Waals surface area contributed by atoms with Gasteiger partial charge in [0.2, 0.25) is 5.91 Å². The summed E-state index contributed by atoms with van der Waals surface area (Å²) in [6, 6.07) is 5.60. The van der Waals surface area contributed by atoms with Crippen LogP contribution >= 0.6 is 0 Å². The number of benzene rings is 1. The van der Waals surface area contributed by atoms with Gasteiger partial charge in [0.25, 0.3) is 0 Å². The minimum absolute atomic E-state index is 0.168. The van der Waals surface area contributed by atoms with E-state index in [1.54, 1.807) is 6.07 Å². The van der Waals surface area contributed by atoms with Crippen molar-refractivity contribution in [1.82, 2.24) is 4.90 Å². The van der Waals surface area contributed by atoms with Crippen molar-refractivity contribution >= 4 is 5.91 Å². The fourth-order valence-corrected chi connectivity index (χ4v) is 1.97. The molecule has 0 radical (unpaired) electrons. The first-order valence-corrected chi connectivity index (χ1v) is 6.76. The molecule has 108 valence electrons. The summed E-state index contributed by atoms with van der Waals surface area (Å²) in [5.41, 5.74) is 6.47. The number of nitriles is 1. The molecule has 0 saturated carbocycles. The molecule has 0 aliphatic heterocycles. The van der Waals surface area contributed by atoms with E-state index in [1.165, 1.54) is 17.0 Å². The third-order valence-corrected chi connectivity index (χ3v) is 3.15. The zero-order valence-corrected chi connectivity index (χ0v) is 11.9. The molecule has 1 rings (SSSR count). The van der Waals surface area contributed by atoms with E-state index < -0.39 is 11.9 Å². The lowest BCUT2D eigenvalue weighted by Gasteiger charge is -2.24. The molecule has 0 saturated heterocycles. The minimum Gasteiger partial charge on any atom is -0.337 e. The fraction of sp³-hybridized carbons (Fsp3) is 0.467. The Kier molecular flexibility index (Phi) is 6.13. The predicted molar refractivity (Wildman–Crippen MR) is 75.1 cm³/mol. The monoisotopic (exact) mass is 277 g/mol. The van der Waals surface area contributed by atoms with Gasteiger partial charge in [-0.05, 0) is 25.5 Å². The summed E-state index contributed by atoms with van der Waals surface area (Å²) < 4.78 is 13.8. The van der Waals surface area contributed by atoms with E-state index in [-0.39, 0.29) is 18.0 Å². The molecule has 0 aromatic heterocycles. The summed E-state index contributed by atoms with van der Waals surface area (Å²) in [6.45, 7) is 4.43. The van der Waals surface area contributed by atoms with Gasteiger partial charge in [-0.25, -0.2) is 4.39 Å². The lowest BCUT2D eigenvalue weighted by molar-refractivity contribution is -0.133. The fourth-order valence-electron chi connectivity index (χ4n) is 1.97. The maximum atomic E-state index is 13.8. The second-order valence-electron chi connectivity index (χ2n) is 4.67. The molecule has 20 heavy (non-hydrogen) atoms. The highest BCUT2D eigenvalue weighted by Gasteiger charge is 2.20. The Labute approximate surface area is 119 Å². The van der Waals surface area contributed by atoms with Gasteiger partial charge in [-0.15, -0.1) is 0 Å². The molecule has 0 heterocycles. The molecular weight excluding hydrogens is 257 g/mol. The van der Waals surface area contributed by atoms with Crippen molar-refractivity contribution in [2.75, 3.05) is 6.54 Å². The molecule has 1 aromatic rings. The molecule has 0 aliphatic rings. The normalized spacial score (nSPS) is 11.8. The standard InChI is InChI=1S/C15H20FN3O/c1-3-5-14(18)15(20)19(4-2)10-12-7-6-11(9-17)8-13(12)16/h6-8,14H,3-5,10,18H2,1-2H3/t14-/m1/s1. The van der Waals surface area contributed by atoms with Crippen LogP contribution in [-0.2, 0) is 11.3 Å². The van der Waals surface area contributed by atoms with Crippen LogP contribution in [0.2, 0.25) is 0 Å². The SMILES string of the molecule is CCC[C@@H](N)C(=O)N(CC)Cc1ccc(C#N)cc1F. The van der Waals surface area contributed by atoms with E-state index in [0.29, 0.717) is 18.5 Å². The number of amides is 1. The summed E-state index contributed by atoms with van der Waals surface area (Å²) in [4.78, 5) is 13.7. The Morgan fingerprint density at radius 2 is 2.20 bits per heavy atom. The average molecular weight is 277 g/mol. The number of carbonyl (C=O) groups is 1. The van der Waals surface area contributed by atoms with Crippen LogP contribution in [0.25, 0.3) is 0 Å². The van der Waals surface area contributed by atoms with Crippen molar-refractivity contribution in [3.8, 4) is 6.07 Å². The largest absolute Gasteiger partial charge is 0.337 e. The number of likely N-dealkylation sites (N-methyl/N-ethyl adjacent to an activating group) is 1. The van der Waals surface area contributed by atoms with Gasteiger partial charge < -0.3 is 10.6 Å². The molecule has 1 aromatic carbocycles. The number of hydrogen-bond donors (Lipinski definition) is 1. The van der Waals surface area contributed by atoms with Crippen molar-refractivity contribution < 1.29 is 9.18 Å². The average Bonchev–Trinajstić information content (AvgIpc) is 2.45.